The van der Waals surface area contributed by atoms with Gasteiger partial charge in [0.2, 0.25) is 0 Å². The molecule has 0 fully saturated rings. The van der Waals surface area contributed by atoms with Crippen LogP contribution < -0.4 is 4.72 Å². The summed E-state index contributed by atoms with van der Waals surface area (Å²) in [6.07, 6.45) is 0. The Morgan fingerprint density at radius 3 is 1.62 bits per heavy atom. The number of hydrogen-bond acceptors (Lipinski definition) is 2. The van der Waals surface area contributed by atoms with E-state index in [0.29, 0.717) is 5.69 Å². The molecule has 2 aromatic rings. The zero-order chi connectivity index (χ0) is 18.2. The van der Waals surface area contributed by atoms with Crippen LogP contribution in [0.1, 0.15) is 52.7 Å². The van der Waals surface area contributed by atoms with Crippen LogP contribution in [0.15, 0.2) is 53.4 Å². The smallest absolute Gasteiger partial charge is 0.261 e. The Hall–Kier alpha value is -1.81. The van der Waals surface area contributed by atoms with Crippen LogP contribution in [0.25, 0.3) is 0 Å². The van der Waals surface area contributed by atoms with Crippen molar-refractivity contribution in [2.24, 2.45) is 0 Å². The fraction of sp³-hybridized carbons (Fsp3) is 0.400. The highest BCUT2D eigenvalue weighted by molar-refractivity contribution is 7.92. The van der Waals surface area contributed by atoms with Gasteiger partial charge in [-0.2, -0.15) is 0 Å². The van der Waals surface area contributed by atoms with Crippen molar-refractivity contribution in [1.29, 1.82) is 0 Å². The maximum atomic E-state index is 12.6. The van der Waals surface area contributed by atoms with Gasteiger partial charge in [0.1, 0.15) is 0 Å². The molecule has 0 heterocycles. The van der Waals surface area contributed by atoms with Crippen LogP contribution in [-0.2, 0) is 20.9 Å². The molecule has 2 rings (SSSR count). The van der Waals surface area contributed by atoms with Crippen molar-refractivity contribution in [3.8, 4) is 0 Å². The molecule has 0 saturated heterocycles. The average molecular weight is 346 g/mol. The fourth-order valence-corrected chi connectivity index (χ4v) is 3.43. The third-order valence-electron chi connectivity index (χ3n) is 3.97. The Kier molecular flexibility index (Phi) is 4.82. The molecule has 24 heavy (non-hydrogen) atoms. The summed E-state index contributed by atoms with van der Waals surface area (Å²) >= 11 is 0. The molecular weight excluding hydrogens is 318 g/mol. The van der Waals surface area contributed by atoms with Gasteiger partial charge < -0.3 is 0 Å². The number of benzene rings is 2. The number of hydrogen-bond donors (Lipinski definition) is 1. The highest BCUT2D eigenvalue weighted by Gasteiger charge is 2.22. The van der Waals surface area contributed by atoms with Crippen LogP contribution in [0.3, 0.4) is 0 Å². The first kappa shape index (κ1) is 18.5. The molecule has 0 atom stereocenters. The summed E-state index contributed by atoms with van der Waals surface area (Å²) in [6.45, 7) is 12.8. The highest BCUT2D eigenvalue weighted by Crippen LogP contribution is 2.32. The number of sulfonamides is 1. The van der Waals surface area contributed by atoms with E-state index in [9.17, 15) is 8.42 Å². The average Bonchev–Trinajstić information content (AvgIpc) is 2.45. The topological polar surface area (TPSA) is 46.2 Å². The van der Waals surface area contributed by atoms with Crippen molar-refractivity contribution in [3.05, 3.63) is 59.7 Å². The minimum Gasteiger partial charge on any atom is -0.280 e. The van der Waals surface area contributed by atoms with E-state index < -0.39 is 10.0 Å². The van der Waals surface area contributed by atoms with E-state index >= 15 is 0 Å². The molecule has 0 bridgehead atoms. The third-order valence-corrected chi connectivity index (χ3v) is 5.37. The summed E-state index contributed by atoms with van der Waals surface area (Å²) < 4.78 is 28.0. The van der Waals surface area contributed by atoms with Crippen LogP contribution in [0.5, 0.6) is 0 Å². The quantitative estimate of drug-likeness (QED) is 0.843. The monoisotopic (exact) mass is 345 g/mol. The molecule has 4 heteroatoms. The van der Waals surface area contributed by atoms with E-state index in [2.05, 4.69) is 52.3 Å². The third kappa shape index (κ3) is 4.38. The lowest BCUT2D eigenvalue weighted by molar-refractivity contribution is 0.568. The van der Waals surface area contributed by atoms with Crippen LogP contribution in [0.2, 0.25) is 0 Å². The Balaban J connectivity index is 2.51. The van der Waals surface area contributed by atoms with Crippen LogP contribution in [-0.4, -0.2) is 8.42 Å². The molecule has 0 aliphatic rings. The summed E-state index contributed by atoms with van der Waals surface area (Å²) in [5.74, 6) is 0. The second-order valence-electron chi connectivity index (χ2n) is 8.22. The van der Waals surface area contributed by atoms with E-state index in [4.69, 9.17) is 0 Å². The summed E-state index contributed by atoms with van der Waals surface area (Å²) in [5.41, 5.74) is 2.71. The molecule has 0 spiro atoms. The predicted molar refractivity (Wildman–Crippen MR) is 101 cm³/mol. The lowest BCUT2D eigenvalue weighted by Gasteiger charge is -2.26. The molecule has 130 valence electrons. The molecule has 0 saturated carbocycles. The second kappa shape index (κ2) is 6.25. The molecule has 1 N–H and O–H groups in total. The fourth-order valence-electron chi connectivity index (χ4n) is 2.37. The van der Waals surface area contributed by atoms with Crippen molar-refractivity contribution >= 4 is 15.7 Å². The van der Waals surface area contributed by atoms with Gasteiger partial charge in [-0.1, -0.05) is 65.8 Å². The van der Waals surface area contributed by atoms with Crippen LogP contribution >= 0.6 is 0 Å². The highest BCUT2D eigenvalue weighted by atomic mass is 32.2. The van der Waals surface area contributed by atoms with Crippen molar-refractivity contribution in [3.63, 3.8) is 0 Å². The van der Waals surface area contributed by atoms with Gasteiger partial charge in [-0.05, 0) is 46.2 Å². The Morgan fingerprint density at radius 1 is 0.750 bits per heavy atom. The Bertz CT molecular complexity index is 779. The van der Waals surface area contributed by atoms with Crippen molar-refractivity contribution in [2.45, 2.75) is 57.3 Å². The first-order valence-corrected chi connectivity index (χ1v) is 9.62. The summed E-state index contributed by atoms with van der Waals surface area (Å²) in [5, 5.41) is 0. The van der Waals surface area contributed by atoms with Gasteiger partial charge in [-0.15, -0.1) is 0 Å². The van der Waals surface area contributed by atoms with E-state index in [1.807, 2.05) is 12.1 Å². The Morgan fingerprint density at radius 2 is 1.21 bits per heavy atom. The minimum atomic E-state index is -3.59. The largest absolute Gasteiger partial charge is 0.280 e. The lowest BCUT2D eigenvalue weighted by atomic mass is 9.80. The second-order valence-corrected chi connectivity index (χ2v) is 9.90. The maximum absolute atomic E-state index is 12.6. The number of rotatable bonds is 3. The van der Waals surface area contributed by atoms with E-state index in [1.165, 1.54) is 0 Å². The normalized spacial score (nSPS) is 12.9. The number of nitrogens with one attached hydrogen (secondary N) is 1. The van der Waals surface area contributed by atoms with E-state index in [-0.39, 0.29) is 15.7 Å². The van der Waals surface area contributed by atoms with Gasteiger partial charge >= 0.3 is 0 Å². The van der Waals surface area contributed by atoms with Gasteiger partial charge in [-0.3, -0.25) is 4.72 Å². The molecular formula is C20H27NO2S. The molecule has 0 unspecified atom stereocenters. The standard InChI is InChI=1S/C20H27NO2S/c1-19(2,3)15-12-16(20(4,5)6)14-17(13-15)21-24(22,23)18-10-8-7-9-11-18/h7-14,21H,1-6H3. The first-order valence-electron chi connectivity index (χ1n) is 8.13. The molecule has 0 radical (unpaired) electrons. The van der Waals surface area contributed by atoms with Crippen LogP contribution in [0.4, 0.5) is 5.69 Å². The van der Waals surface area contributed by atoms with Gasteiger partial charge in [-0.25, -0.2) is 8.42 Å². The molecule has 0 aromatic heterocycles. The zero-order valence-corrected chi connectivity index (χ0v) is 16.2. The van der Waals surface area contributed by atoms with Gasteiger partial charge in [0.05, 0.1) is 4.90 Å². The van der Waals surface area contributed by atoms with Gasteiger partial charge in [0.25, 0.3) is 10.0 Å². The van der Waals surface area contributed by atoms with Crippen molar-refractivity contribution < 1.29 is 8.42 Å². The number of anilines is 1. The molecule has 0 amide bonds. The zero-order valence-electron chi connectivity index (χ0n) is 15.3. The molecule has 0 aliphatic heterocycles. The first-order chi connectivity index (χ1) is 10.9. The minimum absolute atomic E-state index is 0.0613. The maximum Gasteiger partial charge on any atom is 0.261 e. The molecule has 3 nitrogen and oxygen atoms in total. The van der Waals surface area contributed by atoms with E-state index in [1.54, 1.807) is 30.3 Å². The predicted octanol–water partition coefficient (Wildman–Crippen LogP) is 5.08. The SMILES string of the molecule is CC(C)(C)c1cc(NS(=O)(=O)c2ccccc2)cc(C(C)(C)C)c1. The summed E-state index contributed by atoms with van der Waals surface area (Å²) in [6, 6.07) is 14.5. The van der Waals surface area contributed by atoms with Crippen molar-refractivity contribution in [1.82, 2.24) is 0 Å². The van der Waals surface area contributed by atoms with E-state index in [0.717, 1.165) is 11.1 Å². The summed E-state index contributed by atoms with van der Waals surface area (Å²) in [7, 11) is -3.59. The van der Waals surface area contributed by atoms with Crippen LogP contribution in [0, 0.1) is 0 Å². The summed E-state index contributed by atoms with van der Waals surface area (Å²) in [4.78, 5) is 0.267. The van der Waals surface area contributed by atoms with Crippen molar-refractivity contribution in [2.75, 3.05) is 4.72 Å². The lowest BCUT2D eigenvalue weighted by Crippen LogP contribution is -2.19. The Labute approximate surface area is 146 Å². The van der Waals surface area contributed by atoms with Gasteiger partial charge in [0.15, 0.2) is 0 Å². The molecule has 0 aliphatic carbocycles. The molecule has 2 aromatic carbocycles. The van der Waals surface area contributed by atoms with Gasteiger partial charge in [0, 0.05) is 5.69 Å².